The van der Waals surface area contributed by atoms with Crippen molar-refractivity contribution in [3.05, 3.63) is 34.4 Å². The number of aryl methyl sites for hydroxylation is 1. The van der Waals surface area contributed by atoms with E-state index in [0.717, 1.165) is 5.56 Å². The molecule has 1 aliphatic heterocycles. The van der Waals surface area contributed by atoms with Crippen molar-refractivity contribution in [3.63, 3.8) is 0 Å². The first-order valence-corrected chi connectivity index (χ1v) is 7.58. The van der Waals surface area contributed by atoms with Crippen LogP contribution < -0.4 is 14.8 Å². The lowest BCUT2D eigenvalue weighted by Gasteiger charge is -2.20. The average Bonchev–Trinajstić information content (AvgIpc) is 2.94. The minimum absolute atomic E-state index is 0.161. The number of hydrogen-bond donors (Lipinski definition) is 1. The quantitative estimate of drug-likeness (QED) is 0.920. The molecule has 1 aliphatic rings. The predicted molar refractivity (Wildman–Crippen MR) is 81.7 cm³/mol. The molecule has 1 aromatic carbocycles. The second-order valence-corrected chi connectivity index (χ2v) is 5.65. The topological polar surface area (TPSA) is 86.5 Å². The molecule has 1 amide bonds. The molecule has 0 saturated heterocycles. The molecule has 0 fully saturated rings. The summed E-state index contributed by atoms with van der Waals surface area (Å²) in [5.41, 5.74) is 0.741. The van der Waals surface area contributed by atoms with Gasteiger partial charge >= 0.3 is 0 Å². The lowest BCUT2D eigenvalue weighted by molar-refractivity contribution is -0.121. The van der Waals surface area contributed by atoms with Crippen molar-refractivity contribution < 1.29 is 18.8 Å². The molecular formula is C15H16ClN3O4. The summed E-state index contributed by atoms with van der Waals surface area (Å²) in [5, 5.41) is 6.95. The number of nitrogens with one attached hydrogen (secondary N) is 1. The number of nitrogens with zero attached hydrogens (tertiary/aromatic N) is 2. The van der Waals surface area contributed by atoms with Gasteiger partial charge in [0.05, 0.1) is 11.4 Å². The van der Waals surface area contributed by atoms with Crippen LogP contribution in [0, 0.1) is 6.92 Å². The van der Waals surface area contributed by atoms with Gasteiger partial charge < -0.3 is 19.3 Å². The third kappa shape index (κ3) is 3.56. The highest BCUT2D eigenvalue weighted by Gasteiger charge is 2.19. The van der Waals surface area contributed by atoms with E-state index < -0.39 is 0 Å². The molecule has 0 saturated carbocycles. The molecule has 0 spiro atoms. The standard InChI is InChI=1S/C15H16ClN3O4/c1-8(15-18-9(2)19-23-15)17-13(20)7-10-5-11(16)14-12(6-10)21-3-4-22-14/h5-6,8H,3-4,7H2,1-2H3,(H,17,20). The Bertz CT molecular complexity index is 732. The van der Waals surface area contributed by atoms with Crippen LogP contribution in [0.4, 0.5) is 0 Å². The first-order valence-electron chi connectivity index (χ1n) is 7.20. The van der Waals surface area contributed by atoms with Crippen LogP contribution in [-0.4, -0.2) is 29.3 Å². The first kappa shape index (κ1) is 15.6. The van der Waals surface area contributed by atoms with Crippen molar-refractivity contribution >= 4 is 17.5 Å². The van der Waals surface area contributed by atoms with Crippen LogP contribution in [-0.2, 0) is 11.2 Å². The minimum Gasteiger partial charge on any atom is -0.486 e. The van der Waals surface area contributed by atoms with Crippen molar-refractivity contribution in [2.24, 2.45) is 0 Å². The molecule has 2 heterocycles. The second-order valence-electron chi connectivity index (χ2n) is 5.25. The van der Waals surface area contributed by atoms with Gasteiger partial charge in [0, 0.05) is 0 Å². The van der Waals surface area contributed by atoms with Gasteiger partial charge in [0.15, 0.2) is 17.3 Å². The molecular weight excluding hydrogens is 322 g/mol. The predicted octanol–water partition coefficient (Wildman–Crippen LogP) is 2.22. The minimum atomic E-state index is -0.364. The number of rotatable bonds is 4. The van der Waals surface area contributed by atoms with Gasteiger partial charge in [-0.1, -0.05) is 16.8 Å². The highest BCUT2D eigenvalue weighted by Crippen LogP contribution is 2.38. The van der Waals surface area contributed by atoms with Gasteiger partial charge in [-0.3, -0.25) is 4.79 Å². The molecule has 1 unspecified atom stereocenters. The molecule has 1 N–H and O–H groups in total. The van der Waals surface area contributed by atoms with E-state index in [1.54, 1.807) is 26.0 Å². The van der Waals surface area contributed by atoms with Gasteiger partial charge in [-0.05, 0) is 31.5 Å². The Hall–Kier alpha value is -2.28. The van der Waals surface area contributed by atoms with Crippen LogP contribution in [0.15, 0.2) is 16.7 Å². The fourth-order valence-corrected chi connectivity index (χ4v) is 2.58. The number of hydrogen-bond acceptors (Lipinski definition) is 6. The molecule has 8 heteroatoms. The van der Waals surface area contributed by atoms with Crippen molar-refractivity contribution in [1.29, 1.82) is 0 Å². The number of fused-ring (bicyclic) bond motifs is 1. The Morgan fingerprint density at radius 1 is 1.39 bits per heavy atom. The smallest absolute Gasteiger partial charge is 0.248 e. The van der Waals surface area contributed by atoms with Crippen molar-refractivity contribution in [2.45, 2.75) is 26.3 Å². The number of amides is 1. The third-order valence-corrected chi connectivity index (χ3v) is 3.59. The number of carbonyl (C=O) groups is 1. The zero-order chi connectivity index (χ0) is 16.4. The summed E-state index contributed by atoms with van der Waals surface area (Å²) >= 11 is 6.17. The van der Waals surface area contributed by atoms with Gasteiger partial charge in [-0.2, -0.15) is 4.98 Å². The number of halogens is 1. The van der Waals surface area contributed by atoms with Crippen LogP contribution in [0.2, 0.25) is 5.02 Å². The van der Waals surface area contributed by atoms with Crippen LogP contribution in [0.25, 0.3) is 0 Å². The summed E-state index contributed by atoms with van der Waals surface area (Å²) < 4.78 is 16.0. The fraction of sp³-hybridized carbons (Fsp3) is 0.400. The van der Waals surface area contributed by atoms with Crippen LogP contribution in [0.1, 0.15) is 30.2 Å². The lowest BCUT2D eigenvalue weighted by atomic mass is 10.1. The lowest BCUT2D eigenvalue weighted by Crippen LogP contribution is -2.28. The zero-order valence-corrected chi connectivity index (χ0v) is 13.5. The Balaban J connectivity index is 1.67. The molecule has 0 bridgehead atoms. The number of ether oxygens (including phenoxy) is 2. The van der Waals surface area contributed by atoms with Gasteiger partial charge in [-0.25, -0.2) is 0 Å². The maximum absolute atomic E-state index is 12.2. The van der Waals surface area contributed by atoms with Gasteiger partial charge in [0.2, 0.25) is 11.8 Å². The molecule has 1 aromatic heterocycles. The van der Waals surface area contributed by atoms with E-state index in [1.165, 1.54) is 0 Å². The summed E-state index contributed by atoms with van der Waals surface area (Å²) in [4.78, 5) is 16.3. The maximum Gasteiger partial charge on any atom is 0.248 e. The first-order chi connectivity index (χ1) is 11.0. The number of carbonyl (C=O) groups excluding carboxylic acids is 1. The normalized spacial score (nSPS) is 14.4. The Labute approximate surface area is 137 Å². The SMILES string of the molecule is Cc1noc(C(C)NC(=O)Cc2cc(Cl)c3c(c2)OCCO3)n1. The molecule has 122 valence electrons. The largest absolute Gasteiger partial charge is 0.486 e. The van der Waals surface area contributed by atoms with E-state index in [0.29, 0.717) is 41.5 Å². The van der Waals surface area contributed by atoms with E-state index in [1.807, 2.05) is 0 Å². The van der Waals surface area contributed by atoms with Gasteiger partial charge in [0.25, 0.3) is 0 Å². The molecule has 23 heavy (non-hydrogen) atoms. The molecule has 3 rings (SSSR count). The monoisotopic (exact) mass is 337 g/mol. The van der Waals surface area contributed by atoms with Crippen LogP contribution >= 0.6 is 11.6 Å². The molecule has 0 radical (unpaired) electrons. The van der Waals surface area contributed by atoms with E-state index in [4.69, 9.17) is 25.6 Å². The summed E-state index contributed by atoms with van der Waals surface area (Å²) in [6, 6.07) is 3.11. The van der Waals surface area contributed by atoms with E-state index in [9.17, 15) is 4.79 Å². The Morgan fingerprint density at radius 2 is 2.17 bits per heavy atom. The summed E-state index contributed by atoms with van der Waals surface area (Å²) in [6.07, 6.45) is 0.161. The summed E-state index contributed by atoms with van der Waals surface area (Å²) in [6.45, 7) is 4.43. The van der Waals surface area contributed by atoms with E-state index in [2.05, 4.69) is 15.5 Å². The zero-order valence-electron chi connectivity index (χ0n) is 12.8. The number of benzene rings is 1. The molecule has 7 nitrogen and oxygen atoms in total. The second kappa shape index (κ2) is 6.45. The molecule has 1 atom stereocenters. The van der Waals surface area contributed by atoms with Crippen LogP contribution in [0.5, 0.6) is 11.5 Å². The highest BCUT2D eigenvalue weighted by atomic mass is 35.5. The average molecular weight is 338 g/mol. The maximum atomic E-state index is 12.2. The Kier molecular flexibility index (Phi) is 4.38. The third-order valence-electron chi connectivity index (χ3n) is 3.31. The van der Waals surface area contributed by atoms with Gasteiger partial charge in [0.1, 0.15) is 19.3 Å². The molecule has 2 aromatic rings. The Morgan fingerprint density at radius 3 is 2.91 bits per heavy atom. The molecule has 0 aliphatic carbocycles. The van der Waals surface area contributed by atoms with Crippen molar-refractivity contribution in [3.8, 4) is 11.5 Å². The van der Waals surface area contributed by atoms with Gasteiger partial charge in [-0.15, -0.1) is 0 Å². The fourth-order valence-electron chi connectivity index (χ4n) is 2.29. The number of aromatic nitrogens is 2. The summed E-state index contributed by atoms with van der Waals surface area (Å²) in [7, 11) is 0. The summed E-state index contributed by atoms with van der Waals surface area (Å²) in [5.74, 6) is 1.81. The van der Waals surface area contributed by atoms with E-state index >= 15 is 0 Å². The van der Waals surface area contributed by atoms with Crippen LogP contribution in [0.3, 0.4) is 0 Å². The van der Waals surface area contributed by atoms with Crippen molar-refractivity contribution in [1.82, 2.24) is 15.5 Å². The van der Waals surface area contributed by atoms with E-state index in [-0.39, 0.29) is 18.4 Å². The highest BCUT2D eigenvalue weighted by molar-refractivity contribution is 6.32. The van der Waals surface area contributed by atoms with Crippen molar-refractivity contribution in [2.75, 3.05) is 13.2 Å².